The number of hydrogen-bond donors (Lipinski definition) is 1. The lowest BCUT2D eigenvalue weighted by molar-refractivity contribution is 0.515. The molecule has 0 bridgehead atoms. The van der Waals surface area contributed by atoms with Gasteiger partial charge in [0.2, 0.25) is 0 Å². The first kappa shape index (κ1) is 16.7. The Bertz CT molecular complexity index is 426. The van der Waals surface area contributed by atoms with E-state index < -0.39 is 0 Å². The second kappa shape index (κ2) is 9.53. The Hall–Kier alpha value is -1.36. The Morgan fingerprint density at radius 2 is 1.95 bits per heavy atom. The fraction of sp³-hybridized carbons (Fsp3) is 0.733. The zero-order valence-corrected chi connectivity index (χ0v) is 13.1. The molecule has 5 heteroatoms. The Kier molecular flexibility index (Phi) is 7.95. The molecule has 1 heterocycles. The van der Waals surface area contributed by atoms with Gasteiger partial charge in [0.05, 0.1) is 11.9 Å². The molecule has 1 aromatic rings. The summed E-state index contributed by atoms with van der Waals surface area (Å²) >= 11 is 0. The predicted molar refractivity (Wildman–Crippen MR) is 84.5 cm³/mol. The lowest BCUT2D eigenvalue weighted by Crippen LogP contribution is -2.28. The number of aromatic nitrogens is 2. The summed E-state index contributed by atoms with van der Waals surface area (Å²) in [5, 5.41) is 7.63. The number of anilines is 1. The van der Waals surface area contributed by atoms with Crippen molar-refractivity contribution in [2.24, 2.45) is 0 Å². The highest BCUT2D eigenvalue weighted by Gasteiger charge is 2.05. The highest BCUT2D eigenvalue weighted by Crippen LogP contribution is 2.08. The van der Waals surface area contributed by atoms with E-state index in [-0.39, 0.29) is 5.56 Å². The molecule has 0 aliphatic carbocycles. The molecule has 114 valence electrons. The van der Waals surface area contributed by atoms with Crippen molar-refractivity contribution in [3.05, 3.63) is 22.6 Å². The molecule has 20 heavy (non-hydrogen) atoms. The summed E-state index contributed by atoms with van der Waals surface area (Å²) in [4.78, 5) is 14.1. The van der Waals surface area contributed by atoms with Crippen LogP contribution >= 0.6 is 0 Å². The van der Waals surface area contributed by atoms with Crippen molar-refractivity contribution in [1.29, 1.82) is 0 Å². The highest BCUT2D eigenvalue weighted by atomic mass is 16.1. The fourth-order valence-corrected chi connectivity index (χ4v) is 2.17. The maximum atomic E-state index is 12.0. The molecule has 0 spiro atoms. The highest BCUT2D eigenvalue weighted by molar-refractivity contribution is 5.42. The molecule has 0 aliphatic rings. The molecule has 0 atom stereocenters. The van der Waals surface area contributed by atoms with Crippen LogP contribution in [0.4, 0.5) is 5.69 Å². The molecular formula is C15H28N4O. The molecule has 0 saturated heterocycles. The van der Waals surface area contributed by atoms with Crippen molar-refractivity contribution in [2.75, 3.05) is 31.1 Å². The van der Waals surface area contributed by atoms with Gasteiger partial charge in [-0.1, -0.05) is 6.92 Å². The van der Waals surface area contributed by atoms with Gasteiger partial charge in [0.25, 0.3) is 5.56 Å². The zero-order chi connectivity index (χ0) is 14.8. The van der Waals surface area contributed by atoms with Crippen LogP contribution in [-0.4, -0.2) is 36.0 Å². The summed E-state index contributed by atoms with van der Waals surface area (Å²) in [6, 6.07) is 1.69. The third-order valence-corrected chi connectivity index (χ3v) is 3.38. The van der Waals surface area contributed by atoms with E-state index in [4.69, 9.17) is 0 Å². The summed E-state index contributed by atoms with van der Waals surface area (Å²) in [6.45, 7) is 10.9. The minimum absolute atomic E-state index is 0.00378. The Morgan fingerprint density at radius 1 is 1.20 bits per heavy atom. The maximum Gasteiger partial charge on any atom is 0.268 e. The third kappa shape index (κ3) is 5.33. The van der Waals surface area contributed by atoms with Crippen molar-refractivity contribution < 1.29 is 0 Å². The lowest BCUT2D eigenvalue weighted by Gasteiger charge is -2.20. The van der Waals surface area contributed by atoms with Crippen LogP contribution in [0, 0.1) is 0 Å². The Balaban J connectivity index is 2.46. The first-order chi connectivity index (χ1) is 9.72. The van der Waals surface area contributed by atoms with E-state index in [1.54, 1.807) is 16.9 Å². The third-order valence-electron chi connectivity index (χ3n) is 3.38. The predicted octanol–water partition coefficient (Wildman–Crippen LogP) is 1.87. The molecule has 1 aromatic heterocycles. The van der Waals surface area contributed by atoms with Gasteiger partial charge in [-0.15, -0.1) is 0 Å². The number of aryl methyl sites for hydroxylation is 1. The van der Waals surface area contributed by atoms with Gasteiger partial charge in [-0.3, -0.25) is 4.79 Å². The average molecular weight is 280 g/mol. The Morgan fingerprint density at radius 3 is 2.55 bits per heavy atom. The van der Waals surface area contributed by atoms with Gasteiger partial charge < -0.3 is 10.2 Å². The minimum atomic E-state index is -0.00378. The number of rotatable bonds is 10. The van der Waals surface area contributed by atoms with Gasteiger partial charge in [0.1, 0.15) is 0 Å². The monoisotopic (exact) mass is 280 g/mol. The molecule has 0 unspecified atom stereocenters. The number of nitrogens with one attached hydrogen (secondary N) is 1. The molecule has 1 rings (SSSR count). The van der Waals surface area contributed by atoms with Gasteiger partial charge >= 0.3 is 0 Å². The molecule has 5 nitrogen and oxygen atoms in total. The van der Waals surface area contributed by atoms with Crippen LogP contribution in [0.15, 0.2) is 17.1 Å². The zero-order valence-electron chi connectivity index (χ0n) is 13.1. The van der Waals surface area contributed by atoms with E-state index in [1.165, 1.54) is 0 Å². The SMILES string of the molecule is CCCNCCCCn1ncc(N(CC)CC)cc1=O. The lowest BCUT2D eigenvalue weighted by atomic mass is 10.3. The standard InChI is InChI=1S/C15H28N4O/c1-4-9-16-10-7-8-11-19-15(20)12-14(13-17-19)18(5-2)6-3/h12-13,16H,4-11H2,1-3H3. The van der Waals surface area contributed by atoms with E-state index in [0.717, 1.165) is 51.1 Å². The first-order valence-electron chi connectivity index (χ1n) is 7.75. The maximum absolute atomic E-state index is 12.0. The van der Waals surface area contributed by atoms with Crippen molar-refractivity contribution in [3.63, 3.8) is 0 Å². The van der Waals surface area contributed by atoms with Gasteiger partial charge in [0, 0.05) is 25.7 Å². The molecular weight excluding hydrogens is 252 g/mol. The van der Waals surface area contributed by atoms with Crippen LogP contribution in [0.5, 0.6) is 0 Å². The van der Waals surface area contributed by atoms with E-state index in [1.807, 2.05) is 0 Å². The van der Waals surface area contributed by atoms with Crippen molar-refractivity contribution in [1.82, 2.24) is 15.1 Å². The molecule has 0 saturated carbocycles. The minimum Gasteiger partial charge on any atom is -0.371 e. The van der Waals surface area contributed by atoms with Crippen molar-refractivity contribution in [2.45, 2.75) is 46.6 Å². The van der Waals surface area contributed by atoms with Crippen LogP contribution in [0.2, 0.25) is 0 Å². The number of nitrogens with zero attached hydrogens (tertiary/aromatic N) is 3. The van der Waals surface area contributed by atoms with Gasteiger partial charge in [-0.2, -0.15) is 5.10 Å². The van der Waals surface area contributed by atoms with Crippen LogP contribution < -0.4 is 15.8 Å². The van der Waals surface area contributed by atoms with Crippen molar-refractivity contribution >= 4 is 5.69 Å². The van der Waals surface area contributed by atoms with E-state index in [2.05, 4.69) is 36.1 Å². The summed E-state index contributed by atoms with van der Waals surface area (Å²) in [7, 11) is 0. The van der Waals surface area contributed by atoms with E-state index >= 15 is 0 Å². The summed E-state index contributed by atoms with van der Waals surface area (Å²) in [5.41, 5.74) is 0.914. The number of unbranched alkanes of at least 4 members (excludes halogenated alkanes) is 1. The van der Waals surface area contributed by atoms with Crippen LogP contribution in [0.3, 0.4) is 0 Å². The molecule has 1 N–H and O–H groups in total. The second-order valence-corrected chi connectivity index (χ2v) is 4.90. The summed E-state index contributed by atoms with van der Waals surface area (Å²) < 4.78 is 1.56. The topological polar surface area (TPSA) is 50.2 Å². The molecule has 0 aliphatic heterocycles. The first-order valence-corrected chi connectivity index (χ1v) is 7.75. The largest absolute Gasteiger partial charge is 0.371 e. The summed E-state index contributed by atoms with van der Waals surface area (Å²) in [6.07, 6.45) is 5.01. The molecule has 0 aromatic carbocycles. The van der Waals surface area contributed by atoms with Crippen LogP contribution in [-0.2, 0) is 6.54 Å². The normalized spacial score (nSPS) is 10.8. The van der Waals surface area contributed by atoms with E-state index in [9.17, 15) is 4.79 Å². The van der Waals surface area contributed by atoms with Crippen LogP contribution in [0.25, 0.3) is 0 Å². The second-order valence-electron chi connectivity index (χ2n) is 4.90. The molecule has 0 radical (unpaired) electrons. The molecule has 0 fully saturated rings. The van der Waals surface area contributed by atoms with Crippen LogP contribution in [0.1, 0.15) is 40.0 Å². The smallest absolute Gasteiger partial charge is 0.268 e. The quantitative estimate of drug-likeness (QED) is 0.665. The fourth-order valence-electron chi connectivity index (χ4n) is 2.17. The number of hydrogen-bond acceptors (Lipinski definition) is 4. The molecule has 0 amide bonds. The van der Waals surface area contributed by atoms with E-state index in [0.29, 0.717) is 6.54 Å². The van der Waals surface area contributed by atoms with Crippen molar-refractivity contribution in [3.8, 4) is 0 Å². The van der Waals surface area contributed by atoms with Gasteiger partial charge in [-0.05, 0) is 46.2 Å². The average Bonchev–Trinajstić information content (AvgIpc) is 2.46. The van der Waals surface area contributed by atoms with Gasteiger partial charge in [-0.25, -0.2) is 4.68 Å². The summed E-state index contributed by atoms with van der Waals surface area (Å²) in [5.74, 6) is 0. The van der Waals surface area contributed by atoms with Gasteiger partial charge in [0.15, 0.2) is 0 Å². The Labute approximate surface area is 122 Å².